The summed E-state index contributed by atoms with van der Waals surface area (Å²) in [5.74, 6) is 3.01. The molecule has 0 aliphatic carbocycles. The number of rotatable bonds is 3. The third kappa shape index (κ3) is 3.51. The maximum Gasteiger partial charge on any atom is 0.227 e. The lowest BCUT2D eigenvalue weighted by atomic mass is 10.2. The Balaban J connectivity index is 1.81. The quantitative estimate of drug-likeness (QED) is 0.935. The van der Waals surface area contributed by atoms with Crippen molar-refractivity contribution in [1.29, 1.82) is 0 Å². The van der Waals surface area contributed by atoms with Crippen molar-refractivity contribution in [1.82, 2.24) is 15.1 Å². The second-order valence-electron chi connectivity index (χ2n) is 5.54. The number of nitrogens with zero attached hydrogens (tertiary/aromatic N) is 4. The molecule has 0 atom stereocenters. The van der Waals surface area contributed by atoms with Crippen molar-refractivity contribution in [3.05, 3.63) is 23.6 Å². The summed E-state index contributed by atoms with van der Waals surface area (Å²) in [6.07, 6.45) is 5.02. The van der Waals surface area contributed by atoms with Crippen LogP contribution in [0.2, 0.25) is 0 Å². The van der Waals surface area contributed by atoms with E-state index >= 15 is 0 Å². The Kier molecular flexibility index (Phi) is 4.03. The van der Waals surface area contributed by atoms with E-state index in [0.29, 0.717) is 5.82 Å². The van der Waals surface area contributed by atoms with Gasteiger partial charge in [-0.3, -0.25) is 0 Å². The van der Waals surface area contributed by atoms with Crippen LogP contribution in [0, 0.1) is 13.8 Å². The van der Waals surface area contributed by atoms with Crippen molar-refractivity contribution in [3.8, 4) is 0 Å². The Labute approximate surface area is 124 Å². The Morgan fingerprint density at radius 3 is 2.43 bits per heavy atom. The molecule has 1 saturated heterocycles. The fraction of sp³-hybridized carbons (Fsp3) is 0.533. The molecular formula is C15H21N5O. The highest BCUT2D eigenvalue weighted by molar-refractivity contribution is 5.54. The zero-order valence-corrected chi connectivity index (χ0v) is 12.6. The van der Waals surface area contributed by atoms with Gasteiger partial charge in [0, 0.05) is 30.9 Å². The summed E-state index contributed by atoms with van der Waals surface area (Å²) in [6, 6.07) is 3.77. The van der Waals surface area contributed by atoms with Crippen LogP contribution in [0.5, 0.6) is 0 Å². The molecule has 0 saturated carbocycles. The largest absolute Gasteiger partial charge is 0.360 e. The summed E-state index contributed by atoms with van der Waals surface area (Å²) in [5.41, 5.74) is 0.951. The Morgan fingerprint density at radius 1 is 1.00 bits per heavy atom. The summed E-state index contributed by atoms with van der Waals surface area (Å²) in [5, 5.41) is 7.12. The minimum atomic E-state index is 0.674. The first-order valence-corrected chi connectivity index (χ1v) is 7.52. The molecule has 2 aromatic heterocycles. The average Bonchev–Trinajstić information content (AvgIpc) is 2.71. The predicted octanol–water partition coefficient (Wildman–Crippen LogP) is 3.21. The van der Waals surface area contributed by atoms with E-state index in [1.54, 1.807) is 0 Å². The van der Waals surface area contributed by atoms with Gasteiger partial charge in [-0.05, 0) is 26.7 Å². The number of hydrogen-bond acceptors (Lipinski definition) is 6. The lowest BCUT2D eigenvalue weighted by molar-refractivity contribution is 0.400. The third-order valence-corrected chi connectivity index (χ3v) is 3.62. The van der Waals surface area contributed by atoms with Crippen molar-refractivity contribution in [2.45, 2.75) is 39.5 Å². The lowest BCUT2D eigenvalue weighted by Crippen LogP contribution is -2.26. The molecule has 3 rings (SSSR count). The summed E-state index contributed by atoms with van der Waals surface area (Å²) >= 11 is 0. The van der Waals surface area contributed by atoms with Crippen molar-refractivity contribution >= 4 is 17.6 Å². The first-order chi connectivity index (χ1) is 10.2. The SMILES string of the molecule is Cc1cc(Nc2cc(C)on2)nc(N2CCCCCC2)n1. The highest BCUT2D eigenvalue weighted by atomic mass is 16.5. The Morgan fingerprint density at radius 2 is 1.76 bits per heavy atom. The molecular weight excluding hydrogens is 266 g/mol. The Bertz CT molecular complexity index is 602. The molecule has 1 aliphatic rings. The predicted molar refractivity (Wildman–Crippen MR) is 82.0 cm³/mol. The number of hydrogen-bond donors (Lipinski definition) is 1. The third-order valence-electron chi connectivity index (χ3n) is 3.62. The standard InChI is InChI=1S/C15H21N5O/c1-11-9-13(17-14-10-12(2)21-19-14)18-15(16-11)20-7-5-3-4-6-8-20/h9-10H,3-8H2,1-2H3,(H,16,17,18,19). The fourth-order valence-corrected chi connectivity index (χ4v) is 2.59. The smallest absolute Gasteiger partial charge is 0.227 e. The zero-order chi connectivity index (χ0) is 14.7. The van der Waals surface area contributed by atoms with Gasteiger partial charge in [-0.15, -0.1) is 0 Å². The number of nitrogens with one attached hydrogen (secondary N) is 1. The van der Waals surface area contributed by atoms with Gasteiger partial charge < -0.3 is 14.7 Å². The molecule has 0 aromatic carbocycles. The minimum absolute atomic E-state index is 0.674. The molecule has 0 spiro atoms. The van der Waals surface area contributed by atoms with Gasteiger partial charge in [-0.25, -0.2) is 4.98 Å². The maximum atomic E-state index is 5.06. The van der Waals surface area contributed by atoms with Gasteiger partial charge in [0.1, 0.15) is 11.6 Å². The molecule has 1 fully saturated rings. The fourth-order valence-electron chi connectivity index (χ4n) is 2.59. The molecule has 6 nitrogen and oxygen atoms in total. The normalized spacial score (nSPS) is 15.8. The van der Waals surface area contributed by atoms with Crippen molar-refractivity contribution < 1.29 is 4.52 Å². The molecule has 0 amide bonds. The van der Waals surface area contributed by atoms with Crippen LogP contribution in [-0.2, 0) is 0 Å². The summed E-state index contributed by atoms with van der Waals surface area (Å²) < 4.78 is 5.06. The second-order valence-corrected chi connectivity index (χ2v) is 5.54. The van der Waals surface area contributed by atoms with Gasteiger partial charge in [-0.2, -0.15) is 4.98 Å². The van der Waals surface area contributed by atoms with Crippen LogP contribution in [0.4, 0.5) is 17.6 Å². The van der Waals surface area contributed by atoms with Crippen LogP contribution in [0.1, 0.15) is 37.1 Å². The summed E-state index contributed by atoms with van der Waals surface area (Å²) in [4.78, 5) is 11.5. The number of aryl methyl sites for hydroxylation is 2. The summed E-state index contributed by atoms with van der Waals surface area (Å²) in [7, 11) is 0. The van der Waals surface area contributed by atoms with Crippen LogP contribution in [0.25, 0.3) is 0 Å². The van der Waals surface area contributed by atoms with Crippen LogP contribution < -0.4 is 10.2 Å². The van der Waals surface area contributed by atoms with Gasteiger partial charge in [0.05, 0.1) is 0 Å². The van der Waals surface area contributed by atoms with E-state index in [0.717, 1.165) is 36.3 Å². The van der Waals surface area contributed by atoms with E-state index in [2.05, 4.69) is 25.3 Å². The van der Waals surface area contributed by atoms with E-state index in [1.165, 1.54) is 25.7 Å². The van der Waals surface area contributed by atoms with Crippen LogP contribution in [0.3, 0.4) is 0 Å². The monoisotopic (exact) mass is 287 g/mol. The molecule has 0 unspecified atom stereocenters. The number of anilines is 3. The first kappa shape index (κ1) is 13.9. The van der Waals surface area contributed by atoms with E-state index < -0.39 is 0 Å². The molecule has 0 radical (unpaired) electrons. The molecule has 2 aromatic rings. The topological polar surface area (TPSA) is 67.1 Å². The minimum Gasteiger partial charge on any atom is -0.360 e. The molecule has 1 aliphatic heterocycles. The molecule has 3 heterocycles. The van der Waals surface area contributed by atoms with Gasteiger partial charge in [0.15, 0.2) is 5.82 Å². The van der Waals surface area contributed by atoms with Gasteiger partial charge >= 0.3 is 0 Å². The Hall–Kier alpha value is -2.11. The first-order valence-electron chi connectivity index (χ1n) is 7.52. The van der Waals surface area contributed by atoms with E-state index in [1.807, 2.05) is 26.0 Å². The van der Waals surface area contributed by atoms with E-state index in [4.69, 9.17) is 4.52 Å². The van der Waals surface area contributed by atoms with Crippen LogP contribution >= 0.6 is 0 Å². The summed E-state index contributed by atoms with van der Waals surface area (Å²) in [6.45, 7) is 5.92. The number of aromatic nitrogens is 3. The average molecular weight is 287 g/mol. The molecule has 112 valence electrons. The maximum absolute atomic E-state index is 5.06. The van der Waals surface area contributed by atoms with Crippen LogP contribution in [0.15, 0.2) is 16.7 Å². The lowest BCUT2D eigenvalue weighted by Gasteiger charge is -2.21. The van der Waals surface area contributed by atoms with Crippen molar-refractivity contribution in [3.63, 3.8) is 0 Å². The van der Waals surface area contributed by atoms with Gasteiger partial charge in [-0.1, -0.05) is 18.0 Å². The van der Waals surface area contributed by atoms with Gasteiger partial charge in [0.2, 0.25) is 5.95 Å². The van der Waals surface area contributed by atoms with Crippen molar-refractivity contribution in [2.24, 2.45) is 0 Å². The van der Waals surface area contributed by atoms with Crippen LogP contribution in [-0.4, -0.2) is 28.2 Å². The van der Waals surface area contributed by atoms with E-state index in [-0.39, 0.29) is 0 Å². The highest BCUT2D eigenvalue weighted by Crippen LogP contribution is 2.20. The molecule has 21 heavy (non-hydrogen) atoms. The zero-order valence-electron chi connectivity index (χ0n) is 12.6. The molecule has 0 bridgehead atoms. The van der Waals surface area contributed by atoms with Crippen molar-refractivity contribution in [2.75, 3.05) is 23.3 Å². The van der Waals surface area contributed by atoms with E-state index in [9.17, 15) is 0 Å². The van der Waals surface area contributed by atoms with Gasteiger partial charge in [0.25, 0.3) is 0 Å². The second kappa shape index (κ2) is 6.11. The molecule has 6 heteroatoms. The molecule has 1 N–H and O–H groups in total. The highest BCUT2D eigenvalue weighted by Gasteiger charge is 2.14.